The van der Waals surface area contributed by atoms with E-state index in [4.69, 9.17) is 21.4 Å². The molecule has 0 fully saturated rings. The van der Waals surface area contributed by atoms with Crippen LogP contribution < -0.4 is 0 Å². The van der Waals surface area contributed by atoms with Crippen molar-refractivity contribution in [2.24, 2.45) is 0 Å². The van der Waals surface area contributed by atoms with Crippen molar-refractivity contribution in [2.75, 3.05) is 13.2 Å². The van der Waals surface area contributed by atoms with Crippen LogP contribution in [0.3, 0.4) is 0 Å². The van der Waals surface area contributed by atoms with Gasteiger partial charge in [-0.2, -0.15) is 0 Å². The lowest BCUT2D eigenvalue weighted by Crippen LogP contribution is -2.15. The minimum atomic E-state index is -0.608. The second-order valence-corrected chi connectivity index (χ2v) is 2.65. The summed E-state index contributed by atoms with van der Waals surface area (Å²) in [6, 6.07) is 0. The molecule has 0 saturated heterocycles. The van der Waals surface area contributed by atoms with Gasteiger partial charge in [-0.25, -0.2) is 0 Å². The zero-order valence-electron chi connectivity index (χ0n) is 6.37. The van der Waals surface area contributed by atoms with Gasteiger partial charge in [0.05, 0.1) is 24.7 Å². The predicted octanol–water partition coefficient (Wildman–Crippen LogP) is 1.34. The number of rotatable bonds is 6. The van der Waals surface area contributed by atoms with E-state index >= 15 is 0 Å². The lowest BCUT2D eigenvalue weighted by atomic mass is 10.4. The Labute approximate surface area is 72.1 Å². The molecular formula is C8H13ClO2. The average Bonchev–Trinajstić information content (AvgIpc) is 2.04. The molecule has 0 aliphatic heterocycles. The van der Waals surface area contributed by atoms with Crippen LogP contribution in [0.25, 0.3) is 0 Å². The number of hydrogen-bond donors (Lipinski definition) is 1. The molecule has 1 N–H and O–H groups in total. The maximum absolute atomic E-state index is 8.93. The van der Waals surface area contributed by atoms with Crippen molar-refractivity contribution in [3.63, 3.8) is 0 Å². The minimum Gasteiger partial charge on any atom is -0.387 e. The third-order valence-electron chi connectivity index (χ3n) is 1.09. The number of ether oxygens (including phenoxy) is 1. The van der Waals surface area contributed by atoms with Gasteiger partial charge in [-0.05, 0) is 0 Å². The van der Waals surface area contributed by atoms with Gasteiger partial charge in [0.25, 0.3) is 0 Å². The molecule has 2 unspecified atom stereocenters. The van der Waals surface area contributed by atoms with Crippen molar-refractivity contribution in [1.29, 1.82) is 0 Å². The third kappa shape index (κ3) is 6.10. The molecule has 0 spiro atoms. The van der Waals surface area contributed by atoms with Gasteiger partial charge in [0, 0.05) is 0 Å². The van der Waals surface area contributed by atoms with E-state index in [0.717, 1.165) is 0 Å². The zero-order chi connectivity index (χ0) is 8.69. The first-order valence-corrected chi connectivity index (χ1v) is 3.79. The van der Waals surface area contributed by atoms with Crippen molar-refractivity contribution in [3.8, 4) is 0 Å². The van der Waals surface area contributed by atoms with Gasteiger partial charge >= 0.3 is 0 Å². The van der Waals surface area contributed by atoms with Gasteiger partial charge in [-0.3, -0.25) is 0 Å². The highest BCUT2D eigenvalue weighted by Gasteiger charge is 2.01. The summed E-state index contributed by atoms with van der Waals surface area (Å²) in [5.74, 6) is 0. The molecule has 0 saturated carbocycles. The van der Waals surface area contributed by atoms with Crippen LogP contribution in [0.4, 0.5) is 0 Å². The Hall–Kier alpha value is -0.310. The first-order valence-electron chi connectivity index (χ1n) is 3.35. The summed E-state index contributed by atoms with van der Waals surface area (Å²) in [5, 5.41) is 8.74. The van der Waals surface area contributed by atoms with E-state index in [9.17, 15) is 0 Å². The van der Waals surface area contributed by atoms with E-state index in [-0.39, 0.29) is 12.0 Å². The molecule has 3 heteroatoms. The molecule has 64 valence electrons. The summed E-state index contributed by atoms with van der Waals surface area (Å²) < 4.78 is 5.01. The van der Waals surface area contributed by atoms with Crippen molar-refractivity contribution >= 4 is 11.6 Å². The molecule has 0 aliphatic carbocycles. The van der Waals surface area contributed by atoms with Crippen LogP contribution in [0.2, 0.25) is 0 Å². The lowest BCUT2D eigenvalue weighted by Gasteiger charge is -2.07. The van der Waals surface area contributed by atoms with E-state index in [1.54, 1.807) is 6.08 Å². The summed E-state index contributed by atoms with van der Waals surface area (Å²) in [4.78, 5) is 0. The van der Waals surface area contributed by atoms with E-state index in [2.05, 4.69) is 13.2 Å². The zero-order valence-corrected chi connectivity index (χ0v) is 7.13. The number of aliphatic hydroxyl groups is 1. The molecule has 11 heavy (non-hydrogen) atoms. The maximum Gasteiger partial charge on any atom is 0.0951 e. The van der Waals surface area contributed by atoms with Crippen LogP contribution in [0.15, 0.2) is 25.3 Å². The molecule has 0 aromatic rings. The van der Waals surface area contributed by atoms with Crippen molar-refractivity contribution in [1.82, 2.24) is 0 Å². The van der Waals surface area contributed by atoms with E-state index in [1.807, 2.05) is 0 Å². The second kappa shape index (κ2) is 6.40. The van der Waals surface area contributed by atoms with Crippen LogP contribution in [-0.2, 0) is 4.74 Å². The molecule has 2 nitrogen and oxygen atoms in total. The standard InChI is InChI=1S/C8H13ClO2/c1-3-7(9)5-11-6-8(10)4-2/h3-4,7-8,10H,1-2,5-6H2. The summed E-state index contributed by atoms with van der Waals surface area (Å²) in [7, 11) is 0. The fourth-order valence-corrected chi connectivity index (χ4v) is 0.527. The quantitative estimate of drug-likeness (QED) is 0.489. The highest BCUT2D eigenvalue weighted by molar-refractivity contribution is 6.21. The van der Waals surface area contributed by atoms with Gasteiger partial charge in [0.2, 0.25) is 0 Å². The number of aliphatic hydroxyl groups excluding tert-OH is 1. The van der Waals surface area contributed by atoms with Gasteiger partial charge in [-0.15, -0.1) is 24.8 Å². The smallest absolute Gasteiger partial charge is 0.0951 e. The van der Waals surface area contributed by atoms with Crippen molar-refractivity contribution < 1.29 is 9.84 Å². The Bertz CT molecular complexity index is 111. The van der Waals surface area contributed by atoms with Crippen LogP contribution in [-0.4, -0.2) is 29.8 Å². The molecule has 0 bridgehead atoms. The van der Waals surface area contributed by atoms with Crippen molar-refractivity contribution in [3.05, 3.63) is 25.3 Å². The predicted molar refractivity (Wildman–Crippen MR) is 46.9 cm³/mol. The first-order chi connectivity index (χ1) is 5.20. The summed E-state index contributed by atoms with van der Waals surface area (Å²) in [6.45, 7) is 7.49. The Kier molecular flexibility index (Phi) is 6.22. The lowest BCUT2D eigenvalue weighted by molar-refractivity contribution is 0.0633. The number of hydrogen-bond acceptors (Lipinski definition) is 2. The minimum absolute atomic E-state index is 0.188. The van der Waals surface area contributed by atoms with E-state index in [1.165, 1.54) is 6.08 Å². The van der Waals surface area contributed by atoms with Gasteiger partial charge < -0.3 is 9.84 Å². The SMILES string of the molecule is C=CC(O)COCC(Cl)C=C. The molecule has 0 aromatic heterocycles. The maximum atomic E-state index is 8.93. The first kappa shape index (κ1) is 10.7. The van der Waals surface area contributed by atoms with Gasteiger partial charge in [0.15, 0.2) is 0 Å². The Balaban J connectivity index is 3.26. The normalized spacial score (nSPS) is 15.5. The van der Waals surface area contributed by atoms with E-state index < -0.39 is 6.10 Å². The third-order valence-corrected chi connectivity index (χ3v) is 1.40. The van der Waals surface area contributed by atoms with E-state index in [0.29, 0.717) is 6.61 Å². The molecule has 0 radical (unpaired) electrons. The van der Waals surface area contributed by atoms with Crippen LogP contribution in [0.5, 0.6) is 0 Å². The largest absolute Gasteiger partial charge is 0.387 e. The molecule has 0 rings (SSSR count). The Morgan fingerprint density at radius 3 is 2.45 bits per heavy atom. The number of halogens is 1. The molecule has 2 atom stereocenters. The fraction of sp³-hybridized carbons (Fsp3) is 0.500. The van der Waals surface area contributed by atoms with Crippen LogP contribution in [0, 0.1) is 0 Å². The van der Waals surface area contributed by atoms with Crippen molar-refractivity contribution in [2.45, 2.75) is 11.5 Å². The second-order valence-electron chi connectivity index (χ2n) is 2.09. The highest BCUT2D eigenvalue weighted by Crippen LogP contribution is 1.97. The molecule has 0 heterocycles. The monoisotopic (exact) mass is 176 g/mol. The van der Waals surface area contributed by atoms with Gasteiger partial charge in [-0.1, -0.05) is 12.2 Å². The van der Waals surface area contributed by atoms with Crippen LogP contribution >= 0.6 is 11.6 Å². The highest BCUT2D eigenvalue weighted by atomic mass is 35.5. The molecular weight excluding hydrogens is 164 g/mol. The van der Waals surface area contributed by atoms with Gasteiger partial charge in [0.1, 0.15) is 0 Å². The summed E-state index contributed by atoms with van der Waals surface area (Å²) in [5.41, 5.74) is 0. The van der Waals surface area contributed by atoms with Crippen LogP contribution in [0.1, 0.15) is 0 Å². The Morgan fingerprint density at radius 2 is 2.00 bits per heavy atom. The fourth-order valence-electron chi connectivity index (χ4n) is 0.437. The summed E-state index contributed by atoms with van der Waals surface area (Å²) in [6.07, 6.45) is 2.39. The molecule has 0 aliphatic rings. The number of alkyl halides is 1. The molecule has 0 amide bonds. The Morgan fingerprint density at radius 1 is 1.36 bits per heavy atom. The topological polar surface area (TPSA) is 29.5 Å². The summed E-state index contributed by atoms with van der Waals surface area (Å²) >= 11 is 5.64. The molecule has 0 aromatic carbocycles. The average molecular weight is 177 g/mol.